The van der Waals surface area contributed by atoms with Crippen LogP contribution >= 0.6 is 0 Å². The van der Waals surface area contributed by atoms with Gasteiger partial charge in [-0.25, -0.2) is 0 Å². The zero-order valence-electron chi connectivity index (χ0n) is 9.17. The first kappa shape index (κ1) is 11.1. The van der Waals surface area contributed by atoms with Crippen LogP contribution in [0.15, 0.2) is 53.5 Å². The van der Waals surface area contributed by atoms with E-state index in [1.165, 1.54) is 10.6 Å². The highest BCUT2D eigenvalue weighted by molar-refractivity contribution is 5.94. The summed E-state index contributed by atoms with van der Waals surface area (Å²) >= 11 is 0. The Bertz CT molecular complexity index is 602. The molecule has 2 aromatic rings. The Balaban J connectivity index is 2.40. The minimum Gasteiger partial charge on any atom is -0.366 e. The molecule has 1 aromatic carbocycles. The summed E-state index contributed by atoms with van der Waals surface area (Å²) in [5.41, 5.74) is 6.37. The Morgan fingerprint density at radius 3 is 2.53 bits per heavy atom. The summed E-state index contributed by atoms with van der Waals surface area (Å²) in [6.07, 6.45) is 1.68. The number of pyridine rings is 1. The Labute approximate surface area is 98.3 Å². The molecule has 1 aromatic heterocycles. The van der Waals surface area contributed by atoms with E-state index in [-0.39, 0.29) is 5.56 Å². The summed E-state index contributed by atoms with van der Waals surface area (Å²) in [5, 5.41) is 0. The van der Waals surface area contributed by atoms with Gasteiger partial charge in [0.05, 0.1) is 6.54 Å². The number of benzene rings is 1. The van der Waals surface area contributed by atoms with Gasteiger partial charge in [0.15, 0.2) is 0 Å². The van der Waals surface area contributed by atoms with Crippen molar-refractivity contribution in [3.8, 4) is 0 Å². The van der Waals surface area contributed by atoms with E-state index in [1.54, 1.807) is 36.5 Å². The molecule has 0 bridgehead atoms. The first-order valence-electron chi connectivity index (χ1n) is 5.21. The van der Waals surface area contributed by atoms with Crippen molar-refractivity contribution < 1.29 is 4.79 Å². The van der Waals surface area contributed by atoms with Crippen LogP contribution in [0.2, 0.25) is 0 Å². The van der Waals surface area contributed by atoms with Gasteiger partial charge in [-0.05, 0) is 17.7 Å². The summed E-state index contributed by atoms with van der Waals surface area (Å²) in [6, 6.07) is 11.9. The summed E-state index contributed by atoms with van der Waals surface area (Å²) in [4.78, 5) is 22.8. The van der Waals surface area contributed by atoms with Gasteiger partial charge in [0.2, 0.25) is 5.91 Å². The molecule has 0 aliphatic heterocycles. The third-order valence-electron chi connectivity index (χ3n) is 2.52. The summed E-state index contributed by atoms with van der Waals surface area (Å²) in [6.45, 7) is 0.346. The maximum absolute atomic E-state index is 11.6. The zero-order valence-corrected chi connectivity index (χ0v) is 9.17. The topological polar surface area (TPSA) is 65.1 Å². The molecule has 86 valence electrons. The monoisotopic (exact) mass is 228 g/mol. The number of nitrogens with zero attached hydrogens (tertiary/aromatic N) is 1. The Kier molecular flexibility index (Phi) is 3.05. The van der Waals surface area contributed by atoms with Crippen LogP contribution in [0.3, 0.4) is 0 Å². The predicted octanol–water partition coefficient (Wildman–Crippen LogP) is 0.996. The van der Waals surface area contributed by atoms with E-state index >= 15 is 0 Å². The van der Waals surface area contributed by atoms with Gasteiger partial charge in [-0.1, -0.05) is 24.3 Å². The second-order valence-electron chi connectivity index (χ2n) is 3.69. The number of hydrogen-bond acceptors (Lipinski definition) is 2. The van der Waals surface area contributed by atoms with Crippen LogP contribution < -0.4 is 11.3 Å². The van der Waals surface area contributed by atoms with E-state index in [1.807, 2.05) is 6.07 Å². The van der Waals surface area contributed by atoms with Crippen LogP contribution in [0.5, 0.6) is 0 Å². The van der Waals surface area contributed by atoms with Gasteiger partial charge in [0, 0.05) is 17.8 Å². The minimum absolute atomic E-state index is 0.105. The third-order valence-corrected chi connectivity index (χ3v) is 2.52. The van der Waals surface area contributed by atoms with Gasteiger partial charge in [-0.15, -0.1) is 0 Å². The van der Waals surface area contributed by atoms with E-state index in [2.05, 4.69) is 0 Å². The van der Waals surface area contributed by atoms with Crippen LogP contribution in [0.25, 0.3) is 0 Å². The number of carbonyl (C=O) groups excluding carboxylic acids is 1. The fraction of sp³-hybridized carbons (Fsp3) is 0.0769. The lowest BCUT2D eigenvalue weighted by atomic mass is 10.1. The Hall–Kier alpha value is -2.36. The van der Waals surface area contributed by atoms with Crippen molar-refractivity contribution in [1.29, 1.82) is 0 Å². The number of aromatic nitrogens is 1. The van der Waals surface area contributed by atoms with Gasteiger partial charge in [0.1, 0.15) is 0 Å². The number of primary amides is 1. The molecular weight excluding hydrogens is 216 g/mol. The summed E-state index contributed by atoms with van der Waals surface area (Å²) < 4.78 is 1.53. The molecule has 1 amide bonds. The third kappa shape index (κ3) is 2.42. The molecule has 0 unspecified atom stereocenters. The van der Waals surface area contributed by atoms with Crippen molar-refractivity contribution in [3.63, 3.8) is 0 Å². The average molecular weight is 228 g/mol. The number of rotatable bonds is 3. The lowest BCUT2D eigenvalue weighted by Gasteiger charge is -2.08. The Morgan fingerprint density at radius 1 is 1.12 bits per heavy atom. The molecule has 0 saturated carbocycles. The molecule has 0 saturated heterocycles. The molecular formula is C13H12N2O2. The highest BCUT2D eigenvalue weighted by atomic mass is 16.1. The second kappa shape index (κ2) is 4.65. The van der Waals surface area contributed by atoms with Gasteiger partial charge in [-0.2, -0.15) is 0 Å². The number of nitrogens with two attached hydrogens (primary N) is 1. The first-order chi connectivity index (χ1) is 8.18. The van der Waals surface area contributed by atoms with Crippen molar-refractivity contribution in [2.45, 2.75) is 6.54 Å². The maximum atomic E-state index is 11.6. The van der Waals surface area contributed by atoms with E-state index in [9.17, 15) is 9.59 Å². The standard InChI is InChI=1S/C13H12N2O2/c14-13(17)11-6-2-1-5-10(11)9-15-8-4-3-7-12(15)16/h1-8H,9H2,(H2,14,17). The molecule has 0 aliphatic rings. The van der Waals surface area contributed by atoms with Crippen molar-refractivity contribution in [1.82, 2.24) is 4.57 Å². The van der Waals surface area contributed by atoms with Crippen molar-refractivity contribution in [3.05, 3.63) is 70.1 Å². The van der Waals surface area contributed by atoms with Crippen LogP contribution in [0.4, 0.5) is 0 Å². The van der Waals surface area contributed by atoms with E-state index in [0.717, 1.165) is 5.56 Å². The number of hydrogen-bond donors (Lipinski definition) is 1. The SMILES string of the molecule is NC(=O)c1ccccc1Cn1ccccc1=O. The van der Waals surface area contributed by atoms with Gasteiger partial charge in [-0.3, -0.25) is 9.59 Å². The average Bonchev–Trinajstić information content (AvgIpc) is 2.32. The smallest absolute Gasteiger partial charge is 0.250 e. The van der Waals surface area contributed by atoms with Crippen LogP contribution in [0, 0.1) is 0 Å². The van der Waals surface area contributed by atoms with E-state index < -0.39 is 5.91 Å². The molecule has 4 heteroatoms. The van der Waals surface area contributed by atoms with Gasteiger partial charge in [0.25, 0.3) is 5.56 Å². The minimum atomic E-state index is -0.482. The normalized spacial score (nSPS) is 10.1. The quantitative estimate of drug-likeness (QED) is 0.851. The lowest BCUT2D eigenvalue weighted by molar-refractivity contribution is 0.0999. The molecule has 0 aliphatic carbocycles. The molecule has 0 spiro atoms. The lowest BCUT2D eigenvalue weighted by Crippen LogP contribution is -2.21. The molecule has 2 rings (SSSR count). The van der Waals surface area contributed by atoms with Crippen molar-refractivity contribution in [2.24, 2.45) is 5.73 Å². The first-order valence-corrected chi connectivity index (χ1v) is 5.21. The zero-order chi connectivity index (χ0) is 12.3. The summed E-state index contributed by atoms with van der Waals surface area (Å²) in [5.74, 6) is -0.482. The van der Waals surface area contributed by atoms with Crippen molar-refractivity contribution in [2.75, 3.05) is 0 Å². The van der Waals surface area contributed by atoms with E-state index in [0.29, 0.717) is 12.1 Å². The van der Waals surface area contributed by atoms with Gasteiger partial charge < -0.3 is 10.3 Å². The van der Waals surface area contributed by atoms with Gasteiger partial charge >= 0.3 is 0 Å². The predicted molar refractivity (Wildman–Crippen MR) is 64.8 cm³/mol. The van der Waals surface area contributed by atoms with Crippen LogP contribution in [-0.2, 0) is 6.54 Å². The Morgan fingerprint density at radius 2 is 1.82 bits per heavy atom. The van der Waals surface area contributed by atoms with Crippen molar-refractivity contribution >= 4 is 5.91 Å². The molecule has 17 heavy (non-hydrogen) atoms. The molecule has 0 radical (unpaired) electrons. The second-order valence-corrected chi connectivity index (χ2v) is 3.69. The number of carbonyl (C=O) groups is 1. The van der Waals surface area contributed by atoms with E-state index in [4.69, 9.17) is 5.73 Å². The van der Waals surface area contributed by atoms with Crippen LogP contribution in [0.1, 0.15) is 15.9 Å². The maximum Gasteiger partial charge on any atom is 0.250 e. The highest BCUT2D eigenvalue weighted by Gasteiger charge is 2.07. The molecule has 0 atom stereocenters. The number of amides is 1. The molecule has 0 fully saturated rings. The van der Waals surface area contributed by atoms with Crippen LogP contribution in [-0.4, -0.2) is 10.5 Å². The molecule has 1 heterocycles. The largest absolute Gasteiger partial charge is 0.366 e. The fourth-order valence-corrected chi connectivity index (χ4v) is 1.67. The highest BCUT2D eigenvalue weighted by Crippen LogP contribution is 2.08. The molecule has 2 N–H and O–H groups in total. The fourth-order valence-electron chi connectivity index (χ4n) is 1.67. The molecule has 4 nitrogen and oxygen atoms in total. The summed E-state index contributed by atoms with van der Waals surface area (Å²) in [7, 11) is 0.